The zero-order valence-electron chi connectivity index (χ0n) is 11.6. The Morgan fingerprint density at radius 3 is 2.50 bits per heavy atom. The van der Waals surface area contributed by atoms with Gasteiger partial charge in [0.25, 0.3) is 0 Å². The lowest BCUT2D eigenvalue weighted by Crippen LogP contribution is -2.26. The second kappa shape index (κ2) is 7.71. The molecule has 106 valence electrons. The fourth-order valence-corrected chi connectivity index (χ4v) is 3.60. The van der Waals surface area contributed by atoms with E-state index in [0.29, 0.717) is 0 Å². The molecule has 0 saturated carbocycles. The number of rotatable bonds is 5. The number of hydrogen-bond donors (Lipinski definition) is 0. The Morgan fingerprint density at radius 1 is 1.25 bits per heavy atom. The molecule has 0 aliphatic heterocycles. The van der Waals surface area contributed by atoms with Gasteiger partial charge in [-0.05, 0) is 30.9 Å². The van der Waals surface area contributed by atoms with Crippen molar-refractivity contribution in [2.45, 2.75) is 19.6 Å². The zero-order valence-corrected chi connectivity index (χ0v) is 14.0. The summed E-state index contributed by atoms with van der Waals surface area (Å²) in [5.74, 6) is 0.908. The Balaban J connectivity index is 1.93. The van der Waals surface area contributed by atoms with E-state index in [4.69, 9.17) is 12.2 Å². The lowest BCUT2D eigenvalue weighted by Gasteiger charge is -2.20. The lowest BCUT2D eigenvalue weighted by atomic mass is 10.1. The predicted octanol–water partition coefficient (Wildman–Crippen LogP) is 4.07. The van der Waals surface area contributed by atoms with Crippen LogP contribution in [-0.4, -0.2) is 31.9 Å². The Hall–Kier alpha value is -0.980. The second-order valence-electron chi connectivity index (χ2n) is 4.21. The molecule has 0 saturated heterocycles. The van der Waals surface area contributed by atoms with Crippen molar-refractivity contribution in [3.05, 3.63) is 35.2 Å². The monoisotopic (exact) mass is 323 g/mol. The Morgan fingerprint density at radius 2 is 1.95 bits per heavy atom. The SMILES string of the molecule is CCN(CC)C(=S)SCc1ccc(-c2csnn2)cc1. The maximum atomic E-state index is 5.44. The standard InChI is InChI=1S/C14H17N3S3/c1-3-17(4-2)14(18)19-9-11-5-7-12(8-6-11)13-10-20-16-15-13/h5-8,10H,3-4,9H2,1-2H3. The third-order valence-electron chi connectivity index (χ3n) is 2.99. The second-order valence-corrected chi connectivity index (χ2v) is 6.43. The van der Waals surface area contributed by atoms with E-state index in [1.807, 2.05) is 5.38 Å². The van der Waals surface area contributed by atoms with Crippen molar-refractivity contribution in [2.75, 3.05) is 13.1 Å². The molecular weight excluding hydrogens is 306 g/mol. The molecule has 0 amide bonds. The van der Waals surface area contributed by atoms with E-state index >= 15 is 0 Å². The highest BCUT2D eigenvalue weighted by Gasteiger charge is 2.06. The molecule has 1 aromatic carbocycles. The molecule has 2 rings (SSSR count). The Bertz CT molecular complexity index is 533. The molecule has 0 aliphatic rings. The van der Waals surface area contributed by atoms with Gasteiger partial charge in [0.1, 0.15) is 10.0 Å². The fraction of sp³-hybridized carbons (Fsp3) is 0.357. The summed E-state index contributed by atoms with van der Waals surface area (Å²) in [6.45, 7) is 6.20. The van der Waals surface area contributed by atoms with Gasteiger partial charge in [0.15, 0.2) is 0 Å². The van der Waals surface area contributed by atoms with Crippen molar-refractivity contribution in [3.63, 3.8) is 0 Å². The molecule has 0 spiro atoms. The van der Waals surface area contributed by atoms with Gasteiger partial charge in [0.05, 0.1) is 0 Å². The molecule has 0 N–H and O–H groups in total. The van der Waals surface area contributed by atoms with Crippen LogP contribution in [0.4, 0.5) is 0 Å². The van der Waals surface area contributed by atoms with E-state index in [-0.39, 0.29) is 0 Å². The number of nitrogens with zero attached hydrogens (tertiary/aromatic N) is 3. The Kier molecular flexibility index (Phi) is 5.94. The van der Waals surface area contributed by atoms with Crippen LogP contribution >= 0.6 is 35.5 Å². The molecule has 2 aromatic rings. The minimum atomic E-state index is 0.908. The van der Waals surface area contributed by atoms with Crippen LogP contribution in [-0.2, 0) is 5.75 Å². The van der Waals surface area contributed by atoms with Gasteiger partial charge >= 0.3 is 0 Å². The van der Waals surface area contributed by atoms with Crippen LogP contribution < -0.4 is 0 Å². The van der Waals surface area contributed by atoms with Crippen LogP contribution in [0.1, 0.15) is 19.4 Å². The third kappa shape index (κ3) is 4.01. The largest absolute Gasteiger partial charge is 0.358 e. The van der Waals surface area contributed by atoms with Crippen LogP contribution in [0.15, 0.2) is 29.6 Å². The van der Waals surface area contributed by atoms with Crippen molar-refractivity contribution < 1.29 is 0 Å². The molecule has 1 heterocycles. The first-order valence-corrected chi connectivity index (χ1v) is 8.75. The summed E-state index contributed by atoms with van der Waals surface area (Å²) in [5.41, 5.74) is 3.32. The number of hydrogen-bond acceptors (Lipinski definition) is 5. The smallest absolute Gasteiger partial charge is 0.136 e. The maximum absolute atomic E-state index is 5.44. The molecule has 0 atom stereocenters. The average molecular weight is 324 g/mol. The van der Waals surface area contributed by atoms with Gasteiger partial charge in [-0.2, -0.15) is 0 Å². The van der Waals surface area contributed by atoms with E-state index in [2.05, 4.69) is 52.6 Å². The van der Waals surface area contributed by atoms with Gasteiger partial charge in [-0.1, -0.05) is 52.7 Å². The summed E-state index contributed by atoms with van der Waals surface area (Å²) < 4.78 is 4.86. The molecule has 1 aromatic heterocycles. The summed E-state index contributed by atoms with van der Waals surface area (Å²) >= 11 is 8.53. The lowest BCUT2D eigenvalue weighted by molar-refractivity contribution is 0.482. The summed E-state index contributed by atoms with van der Waals surface area (Å²) in [6, 6.07) is 8.44. The first-order chi connectivity index (χ1) is 9.74. The van der Waals surface area contributed by atoms with Crippen LogP contribution in [0.3, 0.4) is 0 Å². The van der Waals surface area contributed by atoms with Crippen LogP contribution in [0.25, 0.3) is 11.3 Å². The third-order valence-corrected chi connectivity index (χ3v) is 5.09. The van der Waals surface area contributed by atoms with E-state index in [0.717, 1.165) is 34.4 Å². The summed E-state index contributed by atoms with van der Waals surface area (Å²) in [6.07, 6.45) is 0. The molecular formula is C14H17N3S3. The van der Waals surface area contributed by atoms with Gasteiger partial charge in [-0.25, -0.2) is 0 Å². The molecule has 0 aliphatic carbocycles. The number of thioether (sulfide) groups is 1. The highest BCUT2D eigenvalue weighted by Crippen LogP contribution is 2.21. The van der Waals surface area contributed by atoms with E-state index in [1.165, 1.54) is 17.1 Å². The molecule has 6 heteroatoms. The van der Waals surface area contributed by atoms with Crippen molar-refractivity contribution in [1.29, 1.82) is 0 Å². The van der Waals surface area contributed by atoms with Gasteiger partial charge < -0.3 is 4.90 Å². The molecule has 0 bridgehead atoms. The van der Waals surface area contributed by atoms with Gasteiger partial charge in [0, 0.05) is 29.8 Å². The molecule has 20 heavy (non-hydrogen) atoms. The molecule has 0 fully saturated rings. The van der Waals surface area contributed by atoms with E-state index in [1.54, 1.807) is 11.8 Å². The fourth-order valence-electron chi connectivity index (χ4n) is 1.78. The van der Waals surface area contributed by atoms with Gasteiger partial charge in [-0.15, -0.1) is 5.10 Å². The van der Waals surface area contributed by atoms with E-state index < -0.39 is 0 Å². The Labute approximate surface area is 133 Å². The quantitative estimate of drug-likeness (QED) is 0.774. The van der Waals surface area contributed by atoms with E-state index in [9.17, 15) is 0 Å². The van der Waals surface area contributed by atoms with Crippen molar-refractivity contribution in [2.24, 2.45) is 0 Å². The normalized spacial score (nSPS) is 10.5. The summed E-state index contributed by atoms with van der Waals surface area (Å²) in [7, 11) is 0. The van der Waals surface area contributed by atoms with Crippen LogP contribution in [0, 0.1) is 0 Å². The summed E-state index contributed by atoms with van der Waals surface area (Å²) in [5, 5.41) is 6.03. The predicted molar refractivity (Wildman–Crippen MR) is 92.2 cm³/mol. The molecule has 0 unspecified atom stereocenters. The highest BCUT2D eigenvalue weighted by molar-refractivity contribution is 8.22. The molecule has 0 radical (unpaired) electrons. The first kappa shape index (κ1) is 15.4. The molecule has 3 nitrogen and oxygen atoms in total. The minimum Gasteiger partial charge on any atom is -0.358 e. The minimum absolute atomic E-state index is 0.908. The van der Waals surface area contributed by atoms with Crippen molar-refractivity contribution >= 4 is 39.8 Å². The topological polar surface area (TPSA) is 29.0 Å². The number of aromatic nitrogens is 2. The highest BCUT2D eigenvalue weighted by atomic mass is 32.2. The van der Waals surface area contributed by atoms with Crippen LogP contribution in [0.5, 0.6) is 0 Å². The number of benzene rings is 1. The van der Waals surface area contributed by atoms with Gasteiger partial charge in [0.2, 0.25) is 0 Å². The first-order valence-electron chi connectivity index (χ1n) is 6.52. The number of thiocarbonyl (C=S) groups is 1. The average Bonchev–Trinajstić information content (AvgIpc) is 3.01. The van der Waals surface area contributed by atoms with Gasteiger partial charge in [-0.3, -0.25) is 0 Å². The van der Waals surface area contributed by atoms with Crippen molar-refractivity contribution in [3.8, 4) is 11.3 Å². The van der Waals surface area contributed by atoms with Crippen LogP contribution in [0.2, 0.25) is 0 Å². The zero-order chi connectivity index (χ0) is 14.4. The summed E-state index contributed by atoms with van der Waals surface area (Å²) in [4.78, 5) is 2.20. The van der Waals surface area contributed by atoms with Crippen molar-refractivity contribution in [1.82, 2.24) is 14.5 Å². The maximum Gasteiger partial charge on any atom is 0.136 e.